The van der Waals surface area contributed by atoms with Crippen molar-refractivity contribution in [1.29, 1.82) is 0 Å². The van der Waals surface area contributed by atoms with Crippen molar-refractivity contribution in [3.63, 3.8) is 0 Å². The van der Waals surface area contributed by atoms with E-state index in [4.69, 9.17) is 14.2 Å². The molecule has 1 rings (SSSR count). The van der Waals surface area contributed by atoms with Crippen LogP contribution in [0.1, 0.15) is 34.6 Å². The van der Waals surface area contributed by atoms with Crippen LogP contribution < -0.4 is 14.8 Å². The zero-order valence-electron chi connectivity index (χ0n) is 16.9. The second-order valence-corrected chi connectivity index (χ2v) is 5.91. The summed E-state index contributed by atoms with van der Waals surface area (Å²) in [4.78, 5) is 36.7. The van der Waals surface area contributed by atoms with Crippen LogP contribution in [-0.4, -0.2) is 55.1 Å². The highest BCUT2D eigenvalue weighted by atomic mass is 35.5. The summed E-state index contributed by atoms with van der Waals surface area (Å²) in [6, 6.07) is 3.98. The molecule has 8 nitrogen and oxygen atoms in total. The Morgan fingerprint density at radius 1 is 1.04 bits per heavy atom. The molecule has 0 unspecified atom stereocenters. The van der Waals surface area contributed by atoms with E-state index >= 15 is 0 Å². The molecule has 28 heavy (non-hydrogen) atoms. The lowest BCUT2D eigenvalue weighted by Crippen LogP contribution is -2.32. The van der Waals surface area contributed by atoms with Gasteiger partial charge in [0.05, 0.1) is 0 Å². The fourth-order valence-corrected chi connectivity index (χ4v) is 2.32. The number of hydrogen-bond donors (Lipinski definition) is 1. The summed E-state index contributed by atoms with van der Waals surface area (Å²) in [5.41, 5.74) is 0.523. The number of nitrogens with zero attached hydrogens (tertiary/aromatic N) is 1. The fraction of sp³-hybridized carbons (Fsp3) is 0.526. The van der Waals surface area contributed by atoms with Crippen molar-refractivity contribution in [3.05, 3.63) is 18.2 Å². The van der Waals surface area contributed by atoms with Crippen molar-refractivity contribution < 1.29 is 28.6 Å². The standard InChI is InChI=1S/C19H28N2O6.ClH/c1-6-21(7-2)10-11-25-19(24)13(3)20-16-8-9-17(26-14(4)22)18(12-16)27-15(5)23;/h8-9,12-13,20H,6-7,10-11H2,1-5H3;1H/t13-;/m0./s1. The van der Waals surface area contributed by atoms with Gasteiger partial charge in [-0.15, -0.1) is 12.4 Å². The molecule has 0 bridgehead atoms. The first-order chi connectivity index (χ1) is 12.8. The normalized spacial score (nSPS) is 11.2. The van der Waals surface area contributed by atoms with Crippen molar-refractivity contribution >= 4 is 36.0 Å². The third kappa shape index (κ3) is 9.05. The van der Waals surface area contributed by atoms with Crippen LogP contribution in [0.4, 0.5) is 5.69 Å². The summed E-state index contributed by atoms with van der Waals surface area (Å²) >= 11 is 0. The fourth-order valence-electron chi connectivity index (χ4n) is 2.32. The molecule has 0 aromatic heterocycles. The smallest absolute Gasteiger partial charge is 0.328 e. The lowest BCUT2D eigenvalue weighted by molar-refractivity contribution is -0.144. The van der Waals surface area contributed by atoms with Gasteiger partial charge >= 0.3 is 17.9 Å². The number of halogens is 1. The summed E-state index contributed by atoms with van der Waals surface area (Å²) in [7, 11) is 0. The van der Waals surface area contributed by atoms with Crippen molar-refractivity contribution in [3.8, 4) is 11.5 Å². The first-order valence-corrected chi connectivity index (χ1v) is 8.93. The first-order valence-electron chi connectivity index (χ1n) is 8.93. The van der Waals surface area contributed by atoms with E-state index < -0.39 is 18.0 Å². The van der Waals surface area contributed by atoms with E-state index in [9.17, 15) is 14.4 Å². The number of likely N-dealkylation sites (N-methyl/N-ethyl adjacent to an activating group) is 1. The first kappa shape index (κ1) is 25.7. The number of rotatable bonds is 10. The zero-order valence-corrected chi connectivity index (χ0v) is 17.8. The van der Waals surface area contributed by atoms with Crippen LogP contribution in [0.5, 0.6) is 11.5 Å². The Bertz CT molecular complexity index is 664. The molecule has 158 valence electrons. The zero-order chi connectivity index (χ0) is 20.4. The van der Waals surface area contributed by atoms with E-state index in [1.54, 1.807) is 13.0 Å². The third-order valence-corrected chi connectivity index (χ3v) is 3.73. The molecular weight excluding hydrogens is 388 g/mol. The lowest BCUT2D eigenvalue weighted by Gasteiger charge is -2.19. The SMILES string of the molecule is CCN(CC)CCOC(=O)[C@H](C)Nc1ccc(OC(C)=O)c(OC(C)=O)c1.Cl. The highest BCUT2D eigenvalue weighted by molar-refractivity contribution is 5.85. The molecule has 1 aromatic rings. The number of benzene rings is 1. The number of carbonyl (C=O) groups is 3. The number of ether oxygens (including phenoxy) is 3. The monoisotopic (exact) mass is 416 g/mol. The molecular formula is C19H29ClN2O6. The molecule has 9 heteroatoms. The van der Waals surface area contributed by atoms with Crippen molar-refractivity contribution in [2.24, 2.45) is 0 Å². The van der Waals surface area contributed by atoms with Crippen LogP contribution in [0.3, 0.4) is 0 Å². The topological polar surface area (TPSA) is 94.2 Å². The van der Waals surface area contributed by atoms with Crippen molar-refractivity contribution in [1.82, 2.24) is 4.90 Å². The van der Waals surface area contributed by atoms with Gasteiger partial charge in [0.15, 0.2) is 11.5 Å². The van der Waals surface area contributed by atoms with Gasteiger partial charge in [0.1, 0.15) is 12.6 Å². The summed E-state index contributed by atoms with van der Waals surface area (Å²) in [6.45, 7) is 11.1. The molecule has 1 N–H and O–H groups in total. The number of carbonyl (C=O) groups excluding carboxylic acids is 3. The van der Waals surface area contributed by atoms with Gasteiger partial charge in [0.25, 0.3) is 0 Å². The highest BCUT2D eigenvalue weighted by Gasteiger charge is 2.17. The van der Waals surface area contributed by atoms with Crippen LogP contribution in [0.15, 0.2) is 18.2 Å². The van der Waals surface area contributed by atoms with Crippen LogP contribution >= 0.6 is 12.4 Å². The predicted octanol–water partition coefficient (Wildman–Crippen LogP) is 2.64. The summed E-state index contributed by atoms with van der Waals surface area (Å²) in [6.07, 6.45) is 0. The van der Waals surface area contributed by atoms with Crippen LogP contribution in [0, 0.1) is 0 Å². The Morgan fingerprint density at radius 3 is 2.14 bits per heavy atom. The number of esters is 3. The van der Waals surface area contributed by atoms with Gasteiger partial charge in [-0.2, -0.15) is 0 Å². The van der Waals surface area contributed by atoms with Crippen molar-refractivity contribution in [2.75, 3.05) is 31.6 Å². The molecule has 0 saturated carbocycles. The molecule has 0 aliphatic heterocycles. The van der Waals surface area contributed by atoms with E-state index in [-0.39, 0.29) is 29.9 Å². The molecule has 0 amide bonds. The van der Waals surface area contributed by atoms with E-state index in [0.717, 1.165) is 13.1 Å². The molecule has 0 radical (unpaired) electrons. The molecule has 0 saturated heterocycles. The number of anilines is 1. The summed E-state index contributed by atoms with van der Waals surface area (Å²) in [5.74, 6) is -1.26. The Morgan fingerprint density at radius 2 is 1.61 bits per heavy atom. The van der Waals surface area contributed by atoms with Crippen LogP contribution in [-0.2, 0) is 19.1 Å². The Labute approximate surface area is 171 Å². The van der Waals surface area contributed by atoms with Crippen LogP contribution in [0.2, 0.25) is 0 Å². The molecule has 1 aromatic carbocycles. The molecule has 0 aliphatic rings. The Balaban J connectivity index is 0.00000729. The Kier molecular flexibility index (Phi) is 11.9. The van der Waals surface area contributed by atoms with Gasteiger partial charge in [0, 0.05) is 32.1 Å². The maximum Gasteiger partial charge on any atom is 0.328 e. The molecule has 0 aliphatic carbocycles. The molecule has 1 atom stereocenters. The largest absolute Gasteiger partial charge is 0.463 e. The van der Waals surface area contributed by atoms with E-state index in [1.807, 2.05) is 0 Å². The average Bonchev–Trinajstić information content (AvgIpc) is 2.60. The van der Waals surface area contributed by atoms with Gasteiger partial charge in [-0.05, 0) is 32.1 Å². The minimum atomic E-state index is -0.605. The van der Waals surface area contributed by atoms with Gasteiger partial charge in [-0.3, -0.25) is 9.59 Å². The quantitative estimate of drug-likeness (QED) is 0.459. The summed E-state index contributed by atoms with van der Waals surface area (Å²) in [5, 5.41) is 2.98. The molecule has 0 heterocycles. The second-order valence-electron chi connectivity index (χ2n) is 5.91. The van der Waals surface area contributed by atoms with E-state index in [0.29, 0.717) is 18.8 Å². The minimum Gasteiger partial charge on any atom is -0.463 e. The van der Waals surface area contributed by atoms with E-state index in [1.165, 1.54) is 26.0 Å². The molecule has 0 fully saturated rings. The Hall–Kier alpha value is -2.32. The van der Waals surface area contributed by atoms with Gasteiger partial charge in [-0.1, -0.05) is 13.8 Å². The van der Waals surface area contributed by atoms with Crippen molar-refractivity contribution in [2.45, 2.75) is 40.7 Å². The highest BCUT2D eigenvalue weighted by Crippen LogP contribution is 2.31. The van der Waals surface area contributed by atoms with Gasteiger partial charge < -0.3 is 24.4 Å². The predicted molar refractivity (Wildman–Crippen MR) is 108 cm³/mol. The summed E-state index contributed by atoms with van der Waals surface area (Å²) < 4.78 is 15.4. The van der Waals surface area contributed by atoms with Gasteiger partial charge in [0.2, 0.25) is 0 Å². The maximum atomic E-state index is 12.1. The third-order valence-electron chi connectivity index (χ3n) is 3.73. The van der Waals surface area contributed by atoms with Crippen LogP contribution in [0.25, 0.3) is 0 Å². The van der Waals surface area contributed by atoms with E-state index in [2.05, 4.69) is 24.1 Å². The lowest BCUT2D eigenvalue weighted by atomic mass is 10.2. The number of hydrogen-bond acceptors (Lipinski definition) is 8. The number of nitrogens with one attached hydrogen (secondary N) is 1. The second kappa shape index (κ2) is 13.0. The molecule has 0 spiro atoms. The minimum absolute atomic E-state index is 0. The average molecular weight is 417 g/mol. The van der Waals surface area contributed by atoms with Gasteiger partial charge in [-0.25, -0.2) is 4.79 Å². The maximum absolute atomic E-state index is 12.1.